The third-order valence-corrected chi connectivity index (χ3v) is 4.04. The summed E-state index contributed by atoms with van der Waals surface area (Å²) in [5, 5.41) is 0. The number of benzene rings is 2. The smallest absolute Gasteiger partial charge is 0.177 e. The Labute approximate surface area is 165 Å². The quantitative estimate of drug-likeness (QED) is 0.467. The van der Waals surface area contributed by atoms with Gasteiger partial charge in [0.25, 0.3) is 0 Å². The fourth-order valence-corrected chi connectivity index (χ4v) is 2.38. The normalized spacial score (nSPS) is 10.3. The highest BCUT2D eigenvalue weighted by molar-refractivity contribution is 5.55. The predicted molar refractivity (Wildman–Crippen MR) is 99.1 cm³/mol. The maximum atomic E-state index is 13.4. The SMILES string of the molecule is CCCc1cnc(-c2ccc(CF)c(F)c2)nc1.Cc1c(F)cc(OF)cc1F. The van der Waals surface area contributed by atoms with Crippen molar-refractivity contribution in [2.75, 3.05) is 0 Å². The van der Waals surface area contributed by atoms with Gasteiger partial charge in [0.1, 0.15) is 24.1 Å². The summed E-state index contributed by atoms with van der Waals surface area (Å²) >= 11 is 0. The molecule has 3 nitrogen and oxygen atoms in total. The summed E-state index contributed by atoms with van der Waals surface area (Å²) in [6.07, 6.45) is 5.44. The summed E-state index contributed by atoms with van der Waals surface area (Å²) in [4.78, 5) is 11.5. The second kappa shape index (κ2) is 10.5. The Balaban J connectivity index is 0.000000234. The van der Waals surface area contributed by atoms with Crippen molar-refractivity contribution in [1.82, 2.24) is 9.97 Å². The molecule has 0 radical (unpaired) electrons. The maximum absolute atomic E-state index is 13.4. The van der Waals surface area contributed by atoms with Crippen LogP contribution in [0.1, 0.15) is 30.0 Å². The summed E-state index contributed by atoms with van der Waals surface area (Å²) in [5.41, 5.74) is 1.53. The van der Waals surface area contributed by atoms with E-state index in [9.17, 15) is 22.1 Å². The van der Waals surface area contributed by atoms with Gasteiger partial charge in [0, 0.05) is 45.7 Å². The van der Waals surface area contributed by atoms with Gasteiger partial charge in [-0.2, -0.15) is 0 Å². The molecule has 154 valence electrons. The van der Waals surface area contributed by atoms with Crippen molar-refractivity contribution in [3.05, 3.63) is 76.9 Å². The van der Waals surface area contributed by atoms with Crippen molar-refractivity contribution >= 4 is 0 Å². The molecule has 0 atom stereocenters. The second-order valence-corrected chi connectivity index (χ2v) is 6.19. The van der Waals surface area contributed by atoms with Gasteiger partial charge in [0.2, 0.25) is 0 Å². The number of aromatic nitrogens is 2. The molecule has 0 saturated carbocycles. The molecule has 3 rings (SSSR count). The van der Waals surface area contributed by atoms with E-state index in [1.807, 2.05) is 0 Å². The third kappa shape index (κ3) is 5.97. The van der Waals surface area contributed by atoms with E-state index >= 15 is 0 Å². The first-order valence-electron chi connectivity index (χ1n) is 8.79. The molecule has 0 bridgehead atoms. The minimum atomic E-state index is -0.822. The van der Waals surface area contributed by atoms with Crippen LogP contribution in [-0.2, 0) is 13.1 Å². The van der Waals surface area contributed by atoms with Crippen LogP contribution in [0.25, 0.3) is 11.4 Å². The summed E-state index contributed by atoms with van der Waals surface area (Å²) in [7, 11) is 0. The molecule has 0 aliphatic heterocycles. The molecule has 0 aliphatic carbocycles. The number of halogens is 5. The molecule has 3 aromatic rings. The van der Waals surface area contributed by atoms with Crippen LogP contribution in [0.15, 0.2) is 42.7 Å². The standard InChI is InChI=1S/C14H14F2N2.C7H5F3O/c1-2-3-10-8-17-14(18-9-10)11-4-5-12(7-15)13(16)6-11;1-4-6(8)2-5(11-10)3-7(4)9/h4-6,8-9H,2-3,7H2,1H3;2-3H,1H3. The van der Waals surface area contributed by atoms with Gasteiger partial charge in [-0.25, -0.2) is 27.5 Å². The second-order valence-electron chi connectivity index (χ2n) is 6.19. The highest BCUT2D eigenvalue weighted by Gasteiger charge is 2.08. The van der Waals surface area contributed by atoms with Gasteiger partial charge in [-0.05, 0) is 25.0 Å². The molecule has 29 heavy (non-hydrogen) atoms. The molecule has 1 heterocycles. The lowest BCUT2D eigenvalue weighted by Crippen LogP contribution is -1.94. The van der Waals surface area contributed by atoms with Gasteiger partial charge < -0.3 is 0 Å². The average molecular weight is 410 g/mol. The number of hydrogen-bond donors (Lipinski definition) is 0. The van der Waals surface area contributed by atoms with Gasteiger partial charge in [-0.3, -0.25) is 4.94 Å². The average Bonchev–Trinajstić information content (AvgIpc) is 2.73. The molecule has 0 saturated heterocycles. The van der Waals surface area contributed by atoms with E-state index in [1.165, 1.54) is 19.1 Å². The first-order chi connectivity index (χ1) is 13.9. The first-order valence-corrected chi connectivity index (χ1v) is 8.79. The Bertz CT molecular complexity index is 925. The summed E-state index contributed by atoms with van der Waals surface area (Å²) in [6.45, 7) is 2.54. The van der Waals surface area contributed by atoms with Crippen LogP contribution in [0, 0.1) is 24.4 Å². The van der Waals surface area contributed by atoms with E-state index in [0.29, 0.717) is 11.4 Å². The van der Waals surface area contributed by atoms with E-state index in [-0.39, 0.29) is 11.1 Å². The predicted octanol–water partition coefficient (Wildman–Crippen LogP) is 6.24. The van der Waals surface area contributed by atoms with E-state index in [4.69, 9.17) is 0 Å². The van der Waals surface area contributed by atoms with E-state index in [2.05, 4.69) is 21.8 Å². The van der Waals surface area contributed by atoms with Gasteiger partial charge in [-0.15, -0.1) is 0 Å². The van der Waals surface area contributed by atoms with Crippen molar-refractivity contribution in [3.8, 4) is 17.1 Å². The van der Waals surface area contributed by atoms with Crippen LogP contribution >= 0.6 is 0 Å². The van der Waals surface area contributed by atoms with Gasteiger partial charge in [0.15, 0.2) is 11.6 Å². The minimum Gasteiger partial charge on any atom is -0.294 e. The molecule has 0 unspecified atom stereocenters. The number of aryl methyl sites for hydroxylation is 1. The molecule has 0 spiro atoms. The molecule has 0 fully saturated rings. The van der Waals surface area contributed by atoms with Crippen LogP contribution < -0.4 is 4.94 Å². The van der Waals surface area contributed by atoms with Crippen LogP contribution in [0.2, 0.25) is 0 Å². The Hall–Kier alpha value is -3.03. The Morgan fingerprint density at radius 2 is 1.55 bits per heavy atom. The molecule has 1 aromatic heterocycles. The largest absolute Gasteiger partial charge is 0.294 e. The number of alkyl halides is 1. The van der Waals surface area contributed by atoms with Crippen LogP contribution in [0.5, 0.6) is 5.75 Å². The van der Waals surface area contributed by atoms with E-state index in [1.54, 1.807) is 18.5 Å². The highest BCUT2D eigenvalue weighted by Crippen LogP contribution is 2.20. The Morgan fingerprint density at radius 1 is 0.931 bits per heavy atom. The van der Waals surface area contributed by atoms with Crippen LogP contribution in [0.4, 0.5) is 22.1 Å². The number of hydrogen-bond acceptors (Lipinski definition) is 3. The number of rotatable bonds is 5. The molecule has 8 heteroatoms. The summed E-state index contributed by atoms with van der Waals surface area (Å²) in [5.74, 6) is -2.21. The van der Waals surface area contributed by atoms with Crippen molar-refractivity contribution in [3.63, 3.8) is 0 Å². The maximum Gasteiger partial charge on any atom is 0.177 e. The van der Waals surface area contributed by atoms with Gasteiger partial charge >= 0.3 is 0 Å². The molecular weight excluding hydrogens is 391 g/mol. The number of nitrogens with zero attached hydrogens (tertiary/aromatic N) is 2. The molecule has 0 aliphatic rings. The van der Waals surface area contributed by atoms with Crippen molar-refractivity contribution < 1.29 is 27.0 Å². The van der Waals surface area contributed by atoms with Crippen LogP contribution in [0.3, 0.4) is 0 Å². The van der Waals surface area contributed by atoms with Gasteiger partial charge in [-0.1, -0.05) is 25.5 Å². The zero-order chi connectivity index (χ0) is 21.4. The van der Waals surface area contributed by atoms with Crippen molar-refractivity contribution in [2.45, 2.75) is 33.4 Å². The Morgan fingerprint density at radius 3 is 2.03 bits per heavy atom. The lowest BCUT2D eigenvalue weighted by molar-refractivity contribution is -0.00694. The zero-order valence-corrected chi connectivity index (χ0v) is 15.9. The molecule has 2 aromatic carbocycles. The molecular formula is C21H19F5N2O. The lowest BCUT2D eigenvalue weighted by Gasteiger charge is -2.04. The van der Waals surface area contributed by atoms with E-state index in [0.717, 1.165) is 30.5 Å². The molecule has 0 amide bonds. The summed E-state index contributed by atoms with van der Waals surface area (Å²) < 4.78 is 62.3. The first kappa shape index (κ1) is 22.3. The van der Waals surface area contributed by atoms with Crippen LogP contribution in [-0.4, -0.2) is 9.97 Å². The van der Waals surface area contributed by atoms with Crippen molar-refractivity contribution in [2.24, 2.45) is 0 Å². The van der Waals surface area contributed by atoms with Gasteiger partial charge in [0.05, 0.1) is 0 Å². The minimum absolute atomic E-state index is 0.0568. The Kier molecular flexibility index (Phi) is 8.06. The fraction of sp³-hybridized carbons (Fsp3) is 0.238. The van der Waals surface area contributed by atoms with Crippen molar-refractivity contribution in [1.29, 1.82) is 0 Å². The summed E-state index contributed by atoms with van der Waals surface area (Å²) in [6, 6.07) is 5.88. The third-order valence-electron chi connectivity index (χ3n) is 4.04. The molecule has 0 N–H and O–H groups in total. The fourth-order valence-electron chi connectivity index (χ4n) is 2.38. The lowest BCUT2D eigenvalue weighted by atomic mass is 10.1. The zero-order valence-electron chi connectivity index (χ0n) is 15.9. The monoisotopic (exact) mass is 410 g/mol. The highest BCUT2D eigenvalue weighted by atomic mass is 19.3. The topological polar surface area (TPSA) is 35.0 Å². The van der Waals surface area contributed by atoms with E-state index < -0.39 is 29.9 Å².